The van der Waals surface area contributed by atoms with Crippen LogP contribution in [0.15, 0.2) is 28.8 Å². The van der Waals surface area contributed by atoms with Gasteiger partial charge in [0.1, 0.15) is 5.75 Å². The van der Waals surface area contributed by atoms with Crippen molar-refractivity contribution >= 4 is 0 Å². The lowest BCUT2D eigenvalue weighted by atomic mass is 9.89. The van der Waals surface area contributed by atoms with E-state index in [0.29, 0.717) is 18.4 Å². The smallest absolute Gasteiger partial charge is 0.240 e. The van der Waals surface area contributed by atoms with Gasteiger partial charge in [0, 0.05) is 0 Å². The molecular formula is C16H22N4O2. The number of rotatable bonds is 5. The molecule has 1 saturated heterocycles. The topological polar surface area (TPSA) is 77.4 Å². The normalized spacial score (nSPS) is 16.8. The number of likely N-dealkylation sites (tertiary alicyclic amines) is 1. The molecule has 0 spiro atoms. The van der Waals surface area contributed by atoms with E-state index in [1.165, 1.54) is 5.56 Å². The Morgan fingerprint density at radius 1 is 1.36 bits per heavy atom. The quantitative estimate of drug-likeness (QED) is 0.909. The summed E-state index contributed by atoms with van der Waals surface area (Å²) in [7, 11) is 1.71. The molecule has 1 aromatic carbocycles. The van der Waals surface area contributed by atoms with Crippen molar-refractivity contribution in [3.63, 3.8) is 0 Å². The summed E-state index contributed by atoms with van der Waals surface area (Å²) in [6.45, 7) is 3.10. The first kappa shape index (κ1) is 15.0. The Balaban J connectivity index is 1.55. The zero-order chi connectivity index (χ0) is 15.4. The number of ether oxygens (including phenoxy) is 1. The lowest BCUT2D eigenvalue weighted by molar-refractivity contribution is 0.197. The third-order valence-electron chi connectivity index (χ3n) is 4.20. The second-order valence-electron chi connectivity index (χ2n) is 5.64. The van der Waals surface area contributed by atoms with Crippen molar-refractivity contribution < 1.29 is 9.26 Å². The van der Waals surface area contributed by atoms with Gasteiger partial charge in [-0.2, -0.15) is 4.98 Å². The van der Waals surface area contributed by atoms with Gasteiger partial charge < -0.3 is 15.0 Å². The molecule has 0 saturated carbocycles. The van der Waals surface area contributed by atoms with E-state index in [1.807, 2.05) is 6.07 Å². The maximum absolute atomic E-state index is 5.48. The zero-order valence-corrected chi connectivity index (χ0v) is 12.9. The van der Waals surface area contributed by atoms with Gasteiger partial charge in [-0.3, -0.25) is 4.90 Å². The van der Waals surface area contributed by atoms with Crippen LogP contribution in [0.4, 0.5) is 0 Å². The Morgan fingerprint density at radius 2 is 2.18 bits per heavy atom. The highest BCUT2D eigenvalue weighted by Gasteiger charge is 2.22. The lowest BCUT2D eigenvalue weighted by Crippen LogP contribution is -2.32. The SMILES string of the molecule is COc1cccc(C2CCN(Cc3noc(CN)n3)CC2)c1. The largest absolute Gasteiger partial charge is 0.497 e. The lowest BCUT2D eigenvalue weighted by Gasteiger charge is -2.31. The van der Waals surface area contributed by atoms with E-state index in [-0.39, 0.29) is 0 Å². The van der Waals surface area contributed by atoms with Crippen LogP contribution in [0, 0.1) is 0 Å². The Bertz CT molecular complexity index is 606. The van der Waals surface area contributed by atoms with Crippen LogP contribution in [0.5, 0.6) is 5.75 Å². The average Bonchev–Trinajstić information content (AvgIpc) is 3.03. The molecule has 0 bridgehead atoms. The maximum atomic E-state index is 5.48. The van der Waals surface area contributed by atoms with Gasteiger partial charge in [0.05, 0.1) is 20.2 Å². The summed E-state index contributed by atoms with van der Waals surface area (Å²) in [5.74, 6) is 2.75. The third-order valence-corrected chi connectivity index (χ3v) is 4.20. The van der Waals surface area contributed by atoms with Crippen molar-refractivity contribution in [3.8, 4) is 5.75 Å². The van der Waals surface area contributed by atoms with Gasteiger partial charge >= 0.3 is 0 Å². The molecule has 6 heteroatoms. The van der Waals surface area contributed by atoms with E-state index in [2.05, 4.69) is 33.2 Å². The highest BCUT2D eigenvalue weighted by atomic mass is 16.5. The van der Waals surface area contributed by atoms with Crippen molar-refractivity contribution in [2.24, 2.45) is 5.73 Å². The van der Waals surface area contributed by atoms with Crippen molar-refractivity contribution in [1.29, 1.82) is 0 Å². The molecular weight excluding hydrogens is 280 g/mol. The maximum Gasteiger partial charge on any atom is 0.240 e. The minimum atomic E-state index is 0.297. The van der Waals surface area contributed by atoms with Crippen molar-refractivity contribution in [2.75, 3.05) is 20.2 Å². The standard InChI is InChI=1S/C16H22N4O2/c1-21-14-4-2-3-13(9-14)12-5-7-20(8-6-12)11-15-18-16(10-17)22-19-15/h2-4,9,12H,5-8,10-11,17H2,1H3. The molecule has 2 N–H and O–H groups in total. The second kappa shape index (κ2) is 6.89. The molecule has 1 aliphatic rings. The Morgan fingerprint density at radius 3 is 2.86 bits per heavy atom. The molecule has 0 radical (unpaired) electrons. The number of nitrogens with two attached hydrogens (primary N) is 1. The number of methoxy groups -OCH3 is 1. The Kier molecular flexibility index (Phi) is 4.70. The van der Waals surface area contributed by atoms with Gasteiger partial charge in [-0.15, -0.1) is 0 Å². The monoisotopic (exact) mass is 302 g/mol. The molecule has 118 valence electrons. The molecule has 1 aliphatic heterocycles. The first-order chi connectivity index (χ1) is 10.8. The summed E-state index contributed by atoms with van der Waals surface area (Å²) in [6, 6.07) is 8.39. The number of aromatic nitrogens is 2. The first-order valence-corrected chi connectivity index (χ1v) is 7.66. The van der Waals surface area contributed by atoms with Crippen molar-refractivity contribution in [3.05, 3.63) is 41.5 Å². The van der Waals surface area contributed by atoms with Gasteiger partial charge in [0.2, 0.25) is 5.89 Å². The van der Waals surface area contributed by atoms with Crippen molar-refractivity contribution in [1.82, 2.24) is 15.0 Å². The molecule has 1 fully saturated rings. The zero-order valence-electron chi connectivity index (χ0n) is 12.9. The predicted molar refractivity (Wildman–Crippen MR) is 82.4 cm³/mol. The van der Waals surface area contributed by atoms with E-state index in [4.69, 9.17) is 15.0 Å². The summed E-state index contributed by atoms with van der Waals surface area (Å²) in [5, 5.41) is 3.96. The van der Waals surface area contributed by atoms with Crippen molar-refractivity contribution in [2.45, 2.75) is 31.8 Å². The summed E-state index contributed by atoms with van der Waals surface area (Å²) >= 11 is 0. The van der Waals surface area contributed by atoms with Crippen LogP contribution in [0.25, 0.3) is 0 Å². The number of hydrogen-bond donors (Lipinski definition) is 1. The summed E-state index contributed by atoms with van der Waals surface area (Å²) in [5.41, 5.74) is 6.85. The summed E-state index contributed by atoms with van der Waals surface area (Å²) in [6.07, 6.45) is 2.27. The number of hydrogen-bond acceptors (Lipinski definition) is 6. The predicted octanol–water partition coefficient (Wildman–Crippen LogP) is 1.92. The van der Waals surface area contributed by atoms with E-state index in [9.17, 15) is 0 Å². The van der Waals surface area contributed by atoms with Gasteiger partial charge in [0.15, 0.2) is 5.82 Å². The molecule has 0 aliphatic carbocycles. The van der Waals surface area contributed by atoms with Gasteiger partial charge in [0.25, 0.3) is 0 Å². The summed E-state index contributed by atoms with van der Waals surface area (Å²) in [4.78, 5) is 6.62. The first-order valence-electron chi connectivity index (χ1n) is 7.66. The molecule has 2 heterocycles. The third kappa shape index (κ3) is 3.45. The van der Waals surface area contributed by atoms with Gasteiger partial charge in [-0.25, -0.2) is 0 Å². The minimum absolute atomic E-state index is 0.297. The van der Waals surface area contributed by atoms with Crippen LogP contribution in [-0.4, -0.2) is 35.2 Å². The van der Waals surface area contributed by atoms with Crippen LogP contribution in [0.3, 0.4) is 0 Å². The number of nitrogens with zero attached hydrogens (tertiary/aromatic N) is 3. The minimum Gasteiger partial charge on any atom is -0.497 e. The molecule has 22 heavy (non-hydrogen) atoms. The molecule has 0 atom stereocenters. The second-order valence-corrected chi connectivity index (χ2v) is 5.64. The molecule has 1 aromatic heterocycles. The fourth-order valence-electron chi connectivity index (χ4n) is 2.96. The van der Waals surface area contributed by atoms with E-state index >= 15 is 0 Å². The van der Waals surface area contributed by atoms with Crippen LogP contribution < -0.4 is 10.5 Å². The van der Waals surface area contributed by atoms with Crippen LogP contribution in [0.1, 0.15) is 36.0 Å². The molecule has 0 amide bonds. The number of piperidine rings is 1. The fraction of sp³-hybridized carbons (Fsp3) is 0.500. The van der Waals surface area contributed by atoms with E-state index < -0.39 is 0 Å². The molecule has 6 nitrogen and oxygen atoms in total. The Hall–Kier alpha value is -1.92. The summed E-state index contributed by atoms with van der Waals surface area (Å²) < 4.78 is 10.4. The Labute approximate surface area is 130 Å². The van der Waals surface area contributed by atoms with E-state index in [0.717, 1.165) is 44.0 Å². The fourth-order valence-corrected chi connectivity index (χ4v) is 2.96. The van der Waals surface area contributed by atoms with E-state index in [1.54, 1.807) is 7.11 Å². The number of benzene rings is 1. The van der Waals surface area contributed by atoms with Gasteiger partial charge in [-0.05, 0) is 49.5 Å². The highest BCUT2D eigenvalue weighted by molar-refractivity contribution is 5.31. The molecule has 3 rings (SSSR count). The van der Waals surface area contributed by atoms with Crippen LogP contribution in [-0.2, 0) is 13.1 Å². The van der Waals surface area contributed by atoms with Crippen LogP contribution in [0.2, 0.25) is 0 Å². The average molecular weight is 302 g/mol. The molecule has 2 aromatic rings. The molecule has 0 unspecified atom stereocenters. The van der Waals surface area contributed by atoms with Crippen LogP contribution >= 0.6 is 0 Å². The highest BCUT2D eigenvalue weighted by Crippen LogP contribution is 2.30. The van der Waals surface area contributed by atoms with Gasteiger partial charge in [-0.1, -0.05) is 17.3 Å².